The molecule has 0 saturated heterocycles. The van der Waals surface area contributed by atoms with Gasteiger partial charge < -0.3 is 21.7 Å². The summed E-state index contributed by atoms with van der Waals surface area (Å²) < 4.78 is 129. The van der Waals surface area contributed by atoms with Gasteiger partial charge in [0.1, 0.15) is 32.5 Å². The van der Waals surface area contributed by atoms with Crippen molar-refractivity contribution in [2.24, 2.45) is 30.7 Å². The summed E-state index contributed by atoms with van der Waals surface area (Å²) >= 11 is 0. The van der Waals surface area contributed by atoms with E-state index in [1.807, 2.05) is 0 Å². The SMILES string of the molecule is CS(=O)(=O)O.CS(=O)(=O)O.[2H]N=Nc1c(S(=O)(=O)O)cc2ccc(N=NC)c(N)c2c1O.[2H]N=Nc1ccc2cc(S(=O)(=O)O)c(N=NC)c(O)c2c1N. The van der Waals surface area contributed by atoms with Gasteiger partial charge in [-0.2, -0.15) is 64.4 Å². The Bertz CT molecular complexity index is 2430. The number of nitrogens with zero attached hydrogens (tertiary/aromatic N) is 6. The number of aromatic hydroxyl groups is 2. The van der Waals surface area contributed by atoms with Crippen molar-refractivity contribution in [3.8, 4) is 11.5 Å². The quantitative estimate of drug-likeness (QED) is 0.0727. The number of nitrogens with one attached hydrogen (secondary N) is 2. The second kappa shape index (κ2) is 17.2. The first-order chi connectivity index (χ1) is 24.6. The van der Waals surface area contributed by atoms with Crippen LogP contribution < -0.4 is 11.5 Å². The molecule has 0 aliphatic rings. The zero-order chi connectivity index (χ0) is 42.0. The van der Waals surface area contributed by atoms with Crippen LogP contribution in [0.4, 0.5) is 34.1 Å². The highest BCUT2D eigenvalue weighted by Gasteiger charge is 2.25. The van der Waals surface area contributed by atoms with Crippen LogP contribution in [0, 0.1) is 11.0 Å². The zero-order valence-corrected chi connectivity index (χ0v) is 30.0. The smallest absolute Gasteiger partial charge is 0.296 e. The minimum Gasteiger partial charge on any atom is -0.505 e. The molecule has 0 radical (unpaired) electrons. The largest absolute Gasteiger partial charge is 0.505 e. The van der Waals surface area contributed by atoms with E-state index in [1.165, 1.54) is 38.4 Å². The number of azo groups is 2. The molecule has 12 N–H and O–H groups in total. The number of hydrogen-bond acceptors (Lipinski definition) is 20. The summed E-state index contributed by atoms with van der Waals surface area (Å²) in [4.78, 5) is -1.28. The summed E-state index contributed by atoms with van der Waals surface area (Å²) in [5.74, 6) is -1.21. The molecule has 4 aromatic carbocycles. The fourth-order valence-corrected chi connectivity index (χ4v) is 5.19. The lowest BCUT2D eigenvalue weighted by Crippen LogP contribution is -2.00. The number of phenolic OH excluding ortho intramolecular Hbond substituents is 2. The Labute approximate surface area is 297 Å². The highest BCUT2D eigenvalue weighted by atomic mass is 32.2. The van der Waals surface area contributed by atoms with Crippen LogP contribution in [0.2, 0.25) is 2.82 Å². The van der Waals surface area contributed by atoms with Crippen molar-refractivity contribution in [3.63, 3.8) is 0 Å². The number of hydrogen-bond donors (Lipinski definition) is 10. The molecule has 24 nitrogen and oxygen atoms in total. The third kappa shape index (κ3) is 12.4. The van der Waals surface area contributed by atoms with Crippen LogP contribution in [0.3, 0.4) is 0 Å². The Morgan fingerprint density at radius 3 is 1.37 bits per heavy atom. The first kappa shape index (κ1) is 41.1. The number of nitrogens with two attached hydrogens (primary N) is 2. The number of rotatable bonds is 6. The predicted molar refractivity (Wildman–Crippen MR) is 185 cm³/mol. The van der Waals surface area contributed by atoms with Crippen LogP contribution in [-0.2, 0) is 40.5 Å². The monoisotopic (exact) mass is 812 g/mol. The molecule has 52 heavy (non-hydrogen) atoms. The molecule has 4 aromatic rings. The Morgan fingerprint density at radius 1 is 0.615 bits per heavy atom. The maximum absolute atomic E-state index is 11.4. The first-order valence-electron chi connectivity index (χ1n) is 13.8. The van der Waals surface area contributed by atoms with E-state index in [0.29, 0.717) is 12.5 Å². The van der Waals surface area contributed by atoms with Gasteiger partial charge in [0.25, 0.3) is 40.5 Å². The minimum absolute atomic E-state index is 0.0135. The van der Waals surface area contributed by atoms with Gasteiger partial charge in [-0.15, -0.1) is 0 Å². The highest BCUT2D eigenvalue weighted by molar-refractivity contribution is 7.86. The molecule has 284 valence electrons. The van der Waals surface area contributed by atoms with Gasteiger partial charge in [-0.25, -0.2) is 11.0 Å². The molecule has 0 heterocycles. The summed E-state index contributed by atoms with van der Waals surface area (Å²) in [5.41, 5.74) is 16.7. The Morgan fingerprint density at radius 2 is 0.981 bits per heavy atom. The lowest BCUT2D eigenvalue weighted by molar-refractivity contribution is 0.471. The van der Waals surface area contributed by atoms with Gasteiger partial charge in [0.15, 0.2) is 11.5 Å². The van der Waals surface area contributed by atoms with Gasteiger partial charge >= 0.3 is 0 Å². The molecule has 0 saturated carbocycles. The van der Waals surface area contributed by atoms with Gasteiger partial charge in [-0.05, 0) is 35.0 Å². The van der Waals surface area contributed by atoms with Crippen molar-refractivity contribution in [1.82, 2.24) is 0 Å². The molecular formula is C24H30N10O14S4. The van der Waals surface area contributed by atoms with E-state index in [2.05, 4.69) is 41.7 Å². The van der Waals surface area contributed by atoms with Crippen molar-refractivity contribution in [1.29, 1.82) is 11.0 Å². The van der Waals surface area contributed by atoms with E-state index < -0.39 is 73.1 Å². The van der Waals surface area contributed by atoms with E-state index in [4.69, 9.17) is 23.4 Å². The average Bonchev–Trinajstić information content (AvgIpc) is 3.00. The summed E-state index contributed by atoms with van der Waals surface area (Å²) in [6.45, 7) is 0. The van der Waals surface area contributed by atoms with Crippen molar-refractivity contribution in [2.75, 3.05) is 38.1 Å². The van der Waals surface area contributed by atoms with Crippen LogP contribution in [0.5, 0.6) is 11.5 Å². The van der Waals surface area contributed by atoms with Crippen molar-refractivity contribution < 1.29 is 64.9 Å². The molecule has 0 fully saturated rings. The molecule has 28 heteroatoms. The summed E-state index contributed by atoms with van der Waals surface area (Å²) in [6, 6.07) is 7.90. The molecule has 0 spiro atoms. The molecule has 0 bridgehead atoms. The van der Waals surface area contributed by atoms with Gasteiger partial charge in [-0.1, -0.05) is 12.1 Å². The van der Waals surface area contributed by atoms with E-state index in [0.717, 1.165) is 12.1 Å². The maximum Gasteiger partial charge on any atom is 0.296 e. The second-order valence-corrected chi connectivity index (χ2v) is 15.3. The van der Waals surface area contributed by atoms with Gasteiger partial charge in [0.2, 0.25) is 2.82 Å². The number of phenols is 2. The molecule has 4 rings (SSSR count). The standard InChI is InChI=1S/2C11H11N5O4S.2CH4O3S/c1-14-16-6-3-2-5-4-7(21(18,19)20)10(15-13)11(17)8(5)9(6)12;1-14-16-10-7(21(18,19)20)4-5-2-3-6(15-13)9(12)8(5)11(10)17;2*1-5(2,3)4/h2*2-4,13,17H,12H2,1H3,(H,18,19,20);2*1H3,(H,2,3,4)/i/hD2. The Hall–Kier alpha value is -5.36. The minimum atomic E-state index is -4.68. The van der Waals surface area contributed by atoms with Crippen LogP contribution in [-0.4, -0.2) is 88.7 Å². The Balaban J connectivity index is 0.000000432. The lowest BCUT2D eigenvalue weighted by atomic mass is 10.1. The molecule has 0 unspecified atom stereocenters. The van der Waals surface area contributed by atoms with Crippen LogP contribution in [0.15, 0.2) is 76.9 Å². The predicted octanol–water partition coefficient (Wildman–Crippen LogP) is 4.51. The van der Waals surface area contributed by atoms with E-state index in [9.17, 15) is 53.0 Å². The average molecular weight is 813 g/mol. The maximum atomic E-state index is 11.4. The van der Waals surface area contributed by atoms with Crippen molar-refractivity contribution >= 4 is 96.1 Å². The number of nitrogen functional groups attached to an aromatic ring is 2. The Kier molecular flexibility index (Phi) is 13.6. The number of fused-ring (bicyclic) bond motifs is 2. The molecule has 0 aromatic heterocycles. The number of anilines is 2. The van der Waals surface area contributed by atoms with Crippen LogP contribution in [0.1, 0.15) is 0 Å². The van der Waals surface area contributed by atoms with E-state index in [1.54, 1.807) is 0 Å². The van der Waals surface area contributed by atoms with Gasteiger partial charge in [0.05, 0.1) is 34.7 Å². The normalized spacial score (nSPS) is 13.0. The summed E-state index contributed by atoms with van der Waals surface area (Å²) in [5, 5.41) is 42.1. The molecule has 0 atom stereocenters. The molecule has 0 aliphatic carbocycles. The lowest BCUT2D eigenvalue weighted by Gasteiger charge is -2.11. The van der Waals surface area contributed by atoms with Crippen LogP contribution >= 0.6 is 0 Å². The molecule has 0 amide bonds. The molecular weight excluding hydrogens is 781 g/mol. The third-order valence-electron chi connectivity index (χ3n) is 5.64. The van der Waals surface area contributed by atoms with E-state index in [-0.39, 0.29) is 44.3 Å². The highest BCUT2D eigenvalue weighted by Crippen LogP contribution is 2.46. The van der Waals surface area contributed by atoms with Gasteiger partial charge in [-0.3, -0.25) is 18.2 Å². The third-order valence-corrected chi connectivity index (χ3v) is 7.38. The summed E-state index contributed by atoms with van der Waals surface area (Å²) in [6.07, 6.45) is 1.43. The number of benzene rings is 4. The fourth-order valence-electron chi connectivity index (χ4n) is 3.88. The van der Waals surface area contributed by atoms with Crippen molar-refractivity contribution in [2.45, 2.75) is 9.79 Å². The summed E-state index contributed by atoms with van der Waals surface area (Å²) in [7, 11) is -13.9. The fraction of sp³-hybridized carbons (Fsp3) is 0.167. The topological polar surface area (TPSA) is 432 Å². The van der Waals surface area contributed by atoms with E-state index >= 15 is 0 Å². The van der Waals surface area contributed by atoms with Crippen molar-refractivity contribution in [3.05, 3.63) is 36.4 Å². The molecule has 0 aliphatic heterocycles. The van der Waals surface area contributed by atoms with Crippen LogP contribution in [0.25, 0.3) is 21.5 Å². The first-order valence-corrected chi connectivity index (χ1v) is 19.5. The second-order valence-electron chi connectivity index (χ2n) is 9.55. The van der Waals surface area contributed by atoms with Gasteiger partial charge in [0, 0.05) is 14.1 Å². The zero-order valence-electron chi connectivity index (χ0n) is 28.8.